The fourth-order valence-corrected chi connectivity index (χ4v) is 8.45. The van der Waals surface area contributed by atoms with E-state index in [4.69, 9.17) is 23.7 Å². The average molecular weight is 595 g/mol. The third kappa shape index (κ3) is 8.52. The van der Waals surface area contributed by atoms with Gasteiger partial charge in [0.2, 0.25) is 6.41 Å². The number of hydrogen-bond donors (Lipinski definition) is 1. The summed E-state index contributed by atoms with van der Waals surface area (Å²) in [4.78, 5) is 17.0. The molecule has 0 saturated carbocycles. The van der Waals surface area contributed by atoms with E-state index in [0.717, 1.165) is 86.2 Å². The van der Waals surface area contributed by atoms with E-state index in [2.05, 4.69) is 14.5 Å². The van der Waals surface area contributed by atoms with E-state index in [1.165, 1.54) is 0 Å². The van der Waals surface area contributed by atoms with E-state index in [1.54, 1.807) is 11.9 Å². The fourth-order valence-electron chi connectivity index (χ4n) is 4.46. The lowest BCUT2D eigenvalue weighted by Gasteiger charge is -2.48. The first kappa shape index (κ1) is 27.7. The number of amides is 1. The van der Waals surface area contributed by atoms with Gasteiger partial charge >= 0.3 is 0 Å². The number of rotatable bonds is 21. The van der Waals surface area contributed by atoms with Crippen molar-refractivity contribution < 1.29 is 28.5 Å². The van der Waals surface area contributed by atoms with Crippen molar-refractivity contribution in [3.8, 4) is 0 Å². The maximum Gasteiger partial charge on any atom is 0.211 e. The summed E-state index contributed by atoms with van der Waals surface area (Å²) in [7, 11) is 0. The second-order valence-corrected chi connectivity index (χ2v) is 14.5. The Labute approximate surface area is 236 Å². The number of nitrogens with one attached hydrogen (secondary N) is 1. The molecule has 6 rings (SSSR count). The first-order chi connectivity index (χ1) is 18.3. The second kappa shape index (κ2) is 13.5. The minimum Gasteiger partial charge on any atom is -0.372 e. The minimum atomic E-state index is -0.0961. The van der Waals surface area contributed by atoms with Crippen molar-refractivity contribution in [3.05, 3.63) is 0 Å². The quantitative estimate of drug-likeness (QED) is 0.0861. The van der Waals surface area contributed by atoms with Gasteiger partial charge in [-0.3, -0.25) is 15.0 Å². The lowest BCUT2D eigenvalue weighted by molar-refractivity contribution is -0.129. The average Bonchev–Trinajstić information content (AvgIpc) is 3.69. The molecule has 0 radical (unpaired) electrons. The van der Waals surface area contributed by atoms with Gasteiger partial charge in [-0.1, -0.05) is 11.9 Å². The molecule has 0 aliphatic carbocycles. The smallest absolute Gasteiger partial charge is 0.211 e. The highest BCUT2D eigenvalue weighted by Crippen LogP contribution is 2.43. The topological polar surface area (TPSA) is 101 Å². The first-order valence-corrected chi connectivity index (χ1v) is 17.7. The maximum absolute atomic E-state index is 12.5. The van der Waals surface area contributed by atoms with Crippen LogP contribution in [0.15, 0.2) is 0 Å². The Balaban J connectivity index is 1.11. The van der Waals surface area contributed by atoms with Crippen molar-refractivity contribution in [3.63, 3.8) is 0 Å². The van der Waals surface area contributed by atoms with Gasteiger partial charge in [-0.05, 0) is 0 Å². The molecule has 1 N–H and O–H groups in total. The lowest BCUT2D eigenvalue weighted by Crippen LogP contribution is -2.69. The Morgan fingerprint density at radius 3 is 2.03 bits per heavy atom. The number of ether oxygens (including phenoxy) is 5. The van der Waals surface area contributed by atoms with Crippen LogP contribution in [0.3, 0.4) is 0 Å². The molecule has 6 saturated heterocycles. The highest BCUT2D eigenvalue weighted by molar-refractivity contribution is 7.99. The Bertz CT molecular complexity index is 748. The summed E-state index contributed by atoms with van der Waals surface area (Å²) >= 11 is 7.53. The van der Waals surface area contributed by atoms with Gasteiger partial charge in [0.15, 0.2) is 12.5 Å². The van der Waals surface area contributed by atoms with Crippen molar-refractivity contribution in [2.24, 2.45) is 0 Å². The van der Waals surface area contributed by atoms with Crippen LogP contribution in [0.4, 0.5) is 0 Å². The molecule has 0 aromatic heterocycles. The van der Waals surface area contributed by atoms with E-state index in [-0.39, 0.29) is 24.8 Å². The number of fused-ring (bicyclic) bond motifs is 1. The molecule has 210 valence electrons. The highest BCUT2D eigenvalue weighted by atomic mass is 32.2. The molecule has 10 nitrogen and oxygen atoms in total. The monoisotopic (exact) mass is 594 g/mol. The van der Waals surface area contributed by atoms with E-state index in [0.29, 0.717) is 31.0 Å². The number of epoxide rings is 5. The largest absolute Gasteiger partial charge is 0.372 e. The molecule has 6 aliphatic heterocycles. The Morgan fingerprint density at radius 2 is 1.41 bits per heavy atom. The van der Waals surface area contributed by atoms with Crippen molar-refractivity contribution in [1.29, 1.82) is 0 Å². The number of nitrogens with zero attached hydrogens (tertiary/aromatic N) is 3. The molecule has 6 aliphatic rings. The van der Waals surface area contributed by atoms with Gasteiger partial charge in [0, 0.05) is 59.9 Å². The lowest BCUT2D eigenvalue weighted by atomic mass is 10.2. The number of carbonyl (C=O) groups is 1. The Hall–Kier alpha value is 0.550. The predicted molar refractivity (Wildman–Crippen MR) is 149 cm³/mol. The number of carbonyl (C=O) groups excluding carboxylic acids is 1. The van der Waals surface area contributed by atoms with Crippen LogP contribution in [-0.4, -0.2) is 156 Å². The normalized spacial score (nSPS) is 37.7. The summed E-state index contributed by atoms with van der Waals surface area (Å²) in [5.41, 5.74) is 0. The third-order valence-corrected chi connectivity index (χ3v) is 11.4. The molecule has 0 spiro atoms. The van der Waals surface area contributed by atoms with Crippen LogP contribution in [0.2, 0.25) is 0 Å². The van der Waals surface area contributed by atoms with Crippen molar-refractivity contribution in [2.45, 2.75) is 49.2 Å². The molecule has 8 unspecified atom stereocenters. The number of hydrogen-bond acceptors (Lipinski definition) is 13. The molecule has 37 heavy (non-hydrogen) atoms. The first-order valence-electron chi connectivity index (χ1n) is 13.3. The van der Waals surface area contributed by atoms with Gasteiger partial charge in [-0.2, -0.15) is 39.6 Å². The Morgan fingerprint density at radius 1 is 0.811 bits per heavy atom. The zero-order chi connectivity index (χ0) is 25.0. The summed E-state index contributed by atoms with van der Waals surface area (Å²) in [6.45, 7) is 5.97. The van der Waals surface area contributed by atoms with Gasteiger partial charge in [0.05, 0.1) is 50.8 Å². The SMILES string of the molecule is O=CN(CCSCC1CO1)C1C(NCCSCC2CO2)N(SCC2CO2)C2OC2N1CCSCC1CO1. The molecular weight excluding hydrogens is 557 g/mol. The molecule has 1 amide bonds. The summed E-state index contributed by atoms with van der Waals surface area (Å²) < 4.78 is 30.2. The number of piperazine rings is 1. The molecule has 0 aromatic rings. The summed E-state index contributed by atoms with van der Waals surface area (Å²) in [6.07, 6.45) is 2.58. The van der Waals surface area contributed by atoms with Gasteiger partial charge < -0.3 is 28.6 Å². The van der Waals surface area contributed by atoms with Crippen molar-refractivity contribution >= 4 is 53.6 Å². The third-order valence-electron chi connectivity index (χ3n) is 6.91. The molecule has 8 atom stereocenters. The van der Waals surface area contributed by atoms with E-state index >= 15 is 0 Å². The van der Waals surface area contributed by atoms with Crippen molar-refractivity contribution in [2.75, 3.05) is 86.3 Å². The van der Waals surface area contributed by atoms with E-state index in [1.807, 2.05) is 40.2 Å². The molecular formula is C23H38N4O6S4. The van der Waals surface area contributed by atoms with E-state index < -0.39 is 0 Å². The molecule has 0 aromatic carbocycles. The van der Waals surface area contributed by atoms with Gasteiger partial charge in [-0.25, -0.2) is 0 Å². The summed E-state index contributed by atoms with van der Waals surface area (Å²) in [5, 5.41) is 3.83. The predicted octanol–water partition coefficient (Wildman–Crippen LogP) is 0.430. The molecule has 0 bridgehead atoms. The van der Waals surface area contributed by atoms with Gasteiger partial charge in [0.25, 0.3) is 0 Å². The van der Waals surface area contributed by atoms with E-state index in [9.17, 15) is 4.79 Å². The molecule has 14 heteroatoms. The van der Waals surface area contributed by atoms with Crippen LogP contribution >= 0.6 is 47.2 Å². The van der Waals surface area contributed by atoms with Crippen LogP contribution in [0.25, 0.3) is 0 Å². The van der Waals surface area contributed by atoms with Gasteiger partial charge in [0.1, 0.15) is 12.3 Å². The fraction of sp³-hybridized carbons (Fsp3) is 0.957. The van der Waals surface area contributed by atoms with Crippen molar-refractivity contribution in [1.82, 2.24) is 19.4 Å². The highest BCUT2D eigenvalue weighted by Gasteiger charge is 2.60. The van der Waals surface area contributed by atoms with Crippen LogP contribution in [-0.2, 0) is 28.5 Å². The zero-order valence-electron chi connectivity index (χ0n) is 21.0. The summed E-state index contributed by atoms with van der Waals surface area (Å²) in [6, 6.07) is 0. The van der Waals surface area contributed by atoms with Crippen LogP contribution in [0.5, 0.6) is 0 Å². The zero-order valence-corrected chi connectivity index (χ0v) is 24.3. The molecule has 6 fully saturated rings. The minimum absolute atomic E-state index is 0.0183. The summed E-state index contributed by atoms with van der Waals surface area (Å²) in [5.74, 6) is 6.92. The van der Waals surface area contributed by atoms with Crippen LogP contribution < -0.4 is 5.32 Å². The van der Waals surface area contributed by atoms with Crippen LogP contribution in [0.1, 0.15) is 0 Å². The number of thioether (sulfide) groups is 3. The Kier molecular flexibility index (Phi) is 10.1. The van der Waals surface area contributed by atoms with Crippen LogP contribution in [0, 0.1) is 0 Å². The van der Waals surface area contributed by atoms with Gasteiger partial charge in [-0.15, -0.1) is 0 Å². The standard InChI is InChI=1S/C23H38N4O6S4/c28-15-25(2-5-35-12-17-8-30-17)21-20(24-1-4-34-11-16-7-29-16)27(37-14-19-10-32-19)23-22(33-23)26(21)3-6-36-13-18-9-31-18/h15-24H,1-14H2. The molecule has 6 heterocycles. The second-order valence-electron chi connectivity index (χ2n) is 10.0. The maximum atomic E-state index is 12.5.